The predicted molar refractivity (Wildman–Crippen MR) is 112 cm³/mol. The summed E-state index contributed by atoms with van der Waals surface area (Å²) in [6.45, 7) is 8.53. The molecular weight excluding hydrogens is 332 g/mol. The number of methoxy groups -OCH3 is 2. The van der Waals surface area contributed by atoms with Crippen LogP contribution in [0.1, 0.15) is 40.3 Å². The minimum Gasteiger partial charge on any atom is -0.496 e. The van der Waals surface area contributed by atoms with Gasteiger partial charge in [0.2, 0.25) is 0 Å². The van der Waals surface area contributed by atoms with E-state index in [1.807, 2.05) is 0 Å². The zero-order valence-corrected chi connectivity index (χ0v) is 17.1. The second kappa shape index (κ2) is 7.48. The molecule has 27 heavy (non-hydrogen) atoms. The van der Waals surface area contributed by atoms with Crippen molar-refractivity contribution in [2.24, 2.45) is 0 Å². The van der Waals surface area contributed by atoms with Crippen LogP contribution in [0.3, 0.4) is 0 Å². The third-order valence-electron chi connectivity index (χ3n) is 5.60. The summed E-state index contributed by atoms with van der Waals surface area (Å²) in [4.78, 5) is 0. The molecule has 0 saturated carbocycles. The summed E-state index contributed by atoms with van der Waals surface area (Å²) < 4.78 is 11.2. The van der Waals surface area contributed by atoms with E-state index in [1.54, 1.807) is 14.2 Å². The Bertz CT molecular complexity index is 886. The molecule has 0 amide bonds. The summed E-state index contributed by atoms with van der Waals surface area (Å²) in [6, 6.07) is 21.7. The standard InChI is InChI=1S/C25H28O2/c1-17-7-11-20(12-8-17)25(4,21-13-9-18(2)23(15-21)26-5)22-14-10-19(3)24(16-22)27-6/h7-16H,1-6H3. The van der Waals surface area contributed by atoms with E-state index < -0.39 is 0 Å². The zero-order valence-electron chi connectivity index (χ0n) is 17.1. The van der Waals surface area contributed by atoms with Crippen LogP contribution >= 0.6 is 0 Å². The highest BCUT2D eigenvalue weighted by Crippen LogP contribution is 2.42. The molecule has 0 spiro atoms. The first-order chi connectivity index (χ1) is 12.9. The molecule has 0 radical (unpaired) electrons. The van der Waals surface area contributed by atoms with Gasteiger partial charge in [0.05, 0.1) is 14.2 Å². The third-order valence-corrected chi connectivity index (χ3v) is 5.60. The van der Waals surface area contributed by atoms with Crippen LogP contribution in [0, 0.1) is 20.8 Å². The van der Waals surface area contributed by atoms with Gasteiger partial charge in [-0.1, -0.05) is 54.1 Å². The average molecular weight is 360 g/mol. The van der Waals surface area contributed by atoms with Crippen LogP contribution in [0.4, 0.5) is 0 Å². The minimum absolute atomic E-state index is 0.324. The van der Waals surface area contributed by atoms with Crippen molar-refractivity contribution >= 4 is 0 Å². The number of hydrogen-bond donors (Lipinski definition) is 0. The molecule has 2 nitrogen and oxygen atoms in total. The molecule has 0 aliphatic rings. The number of hydrogen-bond acceptors (Lipinski definition) is 2. The Kier molecular flexibility index (Phi) is 5.27. The Morgan fingerprint density at radius 1 is 0.593 bits per heavy atom. The maximum Gasteiger partial charge on any atom is 0.122 e. The molecule has 0 bridgehead atoms. The Balaban J connectivity index is 2.28. The van der Waals surface area contributed by atoms with Gasteiger partial charge in [-0.05, 0) is 67.6 Å². The van der Waals surface area contributed by atoms with E-state index in [9.17, 15) is 0 Å². The maximum absolute atomic E-state index is 5.61. The highest BCUT2D eigenvalue weighted by atomic mass is 16.5. The molecule has 0 heterocycles. The Morgan fingerprint density at radius 3 is 1.41 bits per heavy atom. The summed E-state index contributed by atoms with van der Waals surface area (Å²) in [5.74, 6) is 1.81. The summed E-state index contributed by atoms with van der Waals surface area (Å²) in [6.07, 6.45) is 0. The van der Waals surface area contributed by atoms with E-state index in [2.05, 4.69) is 88.4 Å². The van der Waals surface area contributed by atoms with Crippen molar-refractivity contribution in [1.82, 2.24) is 0 Å². The zero-order chi connectivity index (χ0) is 19.6. The summed E-state index contributed by atoms with van der Waals surface area (Å²) in [5.41, 5.74) is 6.83. The van der Waals surface area contributed by atoms with Gasteiger partial charge in [0, 0.05) is 5.41 Å². The van der Waals surface area contributed by atoms with Crippen molar-refractivity contribution in [3.63, 3.8) is 0 Å². The van der Waals surface area contributed by atoms with E-state index in [0.717, 1.165) is 22.6 Å². The number of rotatable bonds is 5. The van der Waals surface area contributed by atoms with Crippen LogP contribution in [0.5, 0.6) is 11.5 Å². The van der Waals surface area contributed by atoms with Gasteiger partial charge in [0.15, 0.2) is 0 Å². The lowest BCUT2D eigenvalue weighted by molar-refractivity contribution is 0.409. The van der Waals surface area contributed by atoms with E-state index in [1.165, 1.54) is 22.3 Å². The molecule has 0 N–H and O–H groups in total. The minimum atomic E-state index is -0.324. The van der Waals surface area contributed by atoms with Gasteiger partial charge in [-0.3, -0.25) is 0 Å². The van der Waals surface area contributed by atoms with E-state index in [0.29, 0.717) is 0 Å². The van der Waals surface area contributed by atoms with Gasteiger partial charge in [0.25, 0.3) is 0 Å². The lowest BCUT2D eigenvalue weighted by Gasteiger charge is -2.33. The maximum atomic E-state index is 5.61. The van der Waals surface area contributed by atoms with Crippen molar-refractivity contribution in [2.45, 2.75) is 33.1 Å². The second-order valence-corrected chi connectivity index (χ2v) is 7.36. The summed E-state index contributed by atoms with van der Waals surface area (Å²) in [7, 11) is 3.45. The molecule has 0 aromatic heterocycles. The molecule has 0 saturated heterocycles. The molecule has 3 aromatic rings. The third kappa shape index (κ3) is 3.44. The molecule has 3 aromatic carbocycles. The fourth-order valence-corrected chi connectivity index (χ4v) is 3.65. The largest absolute Gasteiger partial charge is 0.496 e. The van der Waals surface area contributed by atoms with Crippen molar-refractivity contribution in [1.29, 1.82) is 0 Å². The van der Waals surface area contributed by atoms with Crippen LogP contribution in [-0.2, 0) is 5.41 Å². The molecule has 0 aliphatic heterocycles. The van der Waals surface area contributed by atoms with Gasteiger partial charge in [-0.15, -0.1) is 0 Å². The number of ether oxygens (including phenoxy) is 2. The van der Waals surface area contributed by atoms with Crippen LogP contribution in [0.2, 0.25) is 0 Å². The van der Waals surface area contributed by atoms with Gasteiger partial charge in [-0.2, -0.15) is 0 Å². The molecule has 2 heteroatoms. The Morgan fingerprint density at radius 2 is 1.00 bits per heavy atom. The van der Waals surface area contributed by atoms with Gasteiger partial charge in [-0.25, -0.2) is 0 Å². The van der Waals surface area contributed by atoms with E-state index >= 15 is 0 Å². The first kappa shape index (κ1) is 19.0. The summed E-state index contributed by atoms with van der Waals surface area (Å²) in [5, 5.41) is 0. The SMILES string of the molecule is COc1cc(C(C)(c2ccc(C)cc2)c2ccc(C)c(OC)c2)ccc1C. The Labute approximate surface area is 162 Å². The normalized spacial score (nSPS) is 11.3. The van der Waals surface area contributed by atoms with Crippen LogP contribution in [0.15, 0.2) is 60.7 Å². The fourth-order valence-electron chi connectivity index (χ4n) is 3.65. The molecule has 0 atom stereocenters. The number of benzene rings is 3. The first-order valence-corrected chi connectivity index (χ1v) is 9.27. The lowest BCUT2D eigenvalue weighted by atomic mass is 9.70. The van der Waals surface area contributed by atoms with Crippen molar-refractivity contribution in [3.05, 3.63) is 94.0 Å². The van der Waals surface area contributed by atoms with Gasteiger partial charge < -0.3 is 9.47 Å². The van der Waals surface area contributed by atoms with Crippen LogP contribution < -0.4 is 9.47 Å². The Hall–Kier alpha value is -2.74. The van der Waals surface area contributed by atoms with Crippen LogP contribution in [0.25, 0.3) is 0 Å². The molecule has 0 aliphatic carbocycles. The van der Waals surface area contributed by atoms with Crippen molar-refractivity contribution in [3.8, 4) is 11.5 Å². The highest BCUT2D eigenvalue weighted by Gasteiger charge is 2.32. The van der Waals surface area contributed by atoms with E-state index in [4.69, 9.17) is 9.47 Å². The van der Waals surface area contributed by atoms with Gasteiger partial charge in [0.1, 0.15) is 11.5 Å². The smallest absolute Gasteiger partial charge is 0.122 e. The van der Waals surface area contributed by atoms with Crippen molar-refractivity contribution < 1.29 is 9.47 Å². The fraction of sp³-hybridized carbons (Fsp3) is 0.280. The highest BCUT2D eigenvalue weighted by molar-refractivity contribution is 5.54. The second-order valence-electron chi connectivity index (χ2n) is 7.36. The molecule has 0 fully saturated rings. The van der Waals surface area contributed by atoms with Crippen molar-refractivity contribution in [2.75, 3.05) is 14.2 Å². The molecule has 140 valence electrons. The molecular formula is C25H28O2. The first-order valence-electron chi connectivity index (χ1n) is 9.27. The molecule has 0 unspecified atom stereocenters. The average Bonchev–Trinajstić information content (AvgIpc) is 2.68. The quantitative estimate of drug-likeness (QED) is 0.521. The topological polar surface area (TPSA) is 18.5 Å². The summed E-state index contributed by atoms with van der Waals surface area (Å²) >= 11 is 0. The monoisotopic (exact) mass is 360 g/mol. The van der Waals surface area contributed by atoms with Crippen LogP contribution in [-0.4, -0.2) is 14.2 Å². The predicted octanol–water partition coefficient (Wildman–Crippen LogP) is 5.98. The lowest BCUT2D eigenvalue weighted by Crippen LogP contribution is -2.25. The number of aryl methyl sites for hydroxylation is 3. The van der Waals surface area contributed by atoms with Gasteiger partial charge >= 0.3 is 0 Å². The van der Waals surface area contributed by atoms with E-state index in [-0.39, 0.29) is 5.41 Å². The molecule has 3 rings (SSSR count).